The normalized spacial score (nSPS) is 19.6. The van der Waals surface area contributed by atoms with Crippen LogP contribution in [0.5, 0.6) is 0 Å². The summed E-state index contributed by atoms with van der Waals surface area (Å²) in [6.45, 7) is 3.68. The summed E-state index contributed by atoms with van der Waals surface area (Å²) < 4.78 is 0. The van der Waals surface area contributed by atoms with E-state index in [0.717, 1.165) is 72.1 Å². The Morgan fingerprint density at radius 1 is 1.00 bits per heavy atom. The van der Waals surface area contributed by atoms with Gasteiger partial charge in [-0.25, -0.2) is 14.8 Å². The van der Waals surface area contributed by atoms with Gasteiger partial charge < -0.3 is 30.5 Å². The third-order valence-corrected chi connectivity index (χ3v) is 7.79. The van der Waals surface area contributed by atoms with Gasteiger partial charge in [0, 0.05) is 50.6 Å². The molecule has 0 saturated carbocycles. The Morgan fingerprint density at radius 3 is 2.74 bits per heavy atom. The Kier molecular flexibility index (Phi) is 6.83. The predicted molar refractivity (Wildman–Crippen MR) is 151 cm³/mol. The van der Waals surface area contributed by atoms with Crippen molar-refractivity contribution in [2.75, 3.05) is 53.2 Å². The Balaban J connectivity index is 1.19. The highest BCUT2D eigenvalue weighted by Gasteiger charge is 2.31. The fraction of sp³-hybridized carbons (Fsp3) is 0.345. The molecule has 2 fully saturated rings. The number of aliphatic hydroxyl groups excluding tert-OH is 1. The average Bonchev–Trinajstić information content (AvgIpc) is 3.66. The zero-order chi connectivity index (χ0) is 25.9. The van der Waals surface area contributed by atoms with Crippen LogP contribution >= 0.6 is 0 Å². The second kappa shape index (κ2) is 10.7. The van der Waals surface area contributed by atoms with Crippen LogP contribution in [-0.2, 0) is 0 Å². The maximum absolute atomic E-state index is 13.0. The molecule has 2 amide bonds. The minimum absolute atomic E-state index is 0.0958. The lowest BCUT2D eigenvalue weighted by molar-refractivity contribution is 0.184. The molecule has 1 unspecified atom stereocenters. The highest BCUT2D eigenvalue weighted by molar-refractivity contribution is 6.02. The van der Waals surface area contributed by atoms with Crippen LogP contribution < -0.4 is 20.4 Å². The number of hydrogen-bond acceptors (Lipinski definition) is 6. The van der Waals surface area contributed by atoms with Gasteiger partial charge in [-0.2, -0.15) is 0 Å². The molecule has 2 aromatic heterocycles. The molecule has 2 atom stereocenters. The van der Waals surface area contributed by atoms with Crippen LogP contribution in [-0.4, -0.2) is 58.9 Å². The Hall–Kier alpha value is -4.11. The molecule has 196 valence electrons. The molecule has 2 aliphatic heterocycles. The number of urea groups is 1. The van der Waals surface area contributed by atoms with Crippen molar-refractivity contribution >= 4 is 39.9 Å². The summed E-state index contributed by atoms with van der Waals surface area (Å²) in [6.07, 6.45) is 6.67. The van der Waals surface area contributed by atoms with E-state index in [-0.39, 0.29) is 24.5 Å². The summed E-state index contributed by atoms with van der Waals surface area (Å²) in [7, 11) is 0. The molecular weight excluding hydrogens is 478 g/mol. The second-order valence-electron chi connectivity index (χ2n) is 10.1. The van der Waals surface area contributed by atoms with Crippen LogP contribution in [0, 0.1) is 5.92 Å². The van der Waals surface area contributed by atoms with E-state index in [4.69, 9.17) is 0 Å². The van der Waals surface area contributed by atoms with E-state index in [9.17, 15) is 9.90 Å². The number of carbonyl (C=O) groups is 1. The molecule has 4 N–H and O–H groups in total. The van der Waals surface area contributed by atoms with Crippen molar-refractivity contribution in [1.82, 2.24) is 15.0 Å². The number of anilines is 4. The number of rotatable bonds is 6. The first-order valence-corrected chi connectivity index (χ1v) is 13.4. The van der Waals surface area contributed by atoms with Gasteiger partial charge in [-0.05, 0) is 61.1 Å². The molecule has 4 heterocycles. The molecule has 9 nitrogen and oxygen atoms in total. The van der Waals surface area contributed by atoms with Gasteiger partial charge in [-0.3, -0.25) is 0 Å². The number of aliphatic hydroxyl groups is 1. The number of para-hydroxylation sites is 2. The molecule has 2 aromatic carbocycles. The van der Waals surface area contributed by atoms with Gasteiger partial charge in [0.25, 0.3) is 0 Å². The molecule has 0 aliphatic carbocycles. The van der Waals surface area contributed by atoms with Crippen molar-refractivity contribution in [3.63, 3.8) is 0 Å². The summed E-state index contributed by atoms with van der Waals surface area (Å²) >= 11 is 0. The molecule has 2 saturated heterocycles. The zero-order valence-electron chi connectivity index (χ0n) is 21.3. The van der Waals surface area contributed by atoms with E-state index < -0.39 is 0 Å². The lowest BCUT2D eigenvalue weighted by Crippen LogP contribution is -2.41. The third-order valence-electron chi connectivity index (χ3n) is 7.79. The SMILES string of the molecule is O=C(Nc1cccc(C2CN(c3ncnc4[nH]ccc34)CC[C@H]2CO)c1)Nc1ccccc1N1CCCC1. The van der Waals surface area contributed by atoms with Gasteiger partial charge >= 0.3 is 6.03 Å². The predicted octanol–water partition coefficient (Wildman–Crippen LogP) is 4.80. The number of amides is 2. The highest BCUT2D eigenvalue weighted by atomic mass is 16.3. The monoisotopic (exact) mass is 511 g/mol. The summed E-state index contributed by atoms with van der Waals surface area (Å²) in [5, 5.41) is 17.2. The molecular formula is C29H33N7O2. The maximum Gasteiger partial charge on any atom is 0.323 e. The van der Waals surface area contributed by atoms with Gasteiger partial charge in [-0.15, -0.1) is 0 Å². The van der Waals surface area contributed by atoms with Crippen molar-refractivity contribution in [3.8, 4) is 0 Å². The van der Waals surface area contributed by atoms with Crippen molar-refractivity contribution in [2.45, 2.75) is 25.2 Å². The first kappa shape index (κ1) is 24.2. The molecule has 6 rings (SSSR count). The van der Waals surface area contributed by atoms with E-state index in [1.807, 2.05) is 48.7 Å². The third kappa shape index (κ3) is 4.89. The van der Waals surface area contributed by atoms with Crippen LogP contribution in [0.25, 0.3) is 11.0 Å². The minimum Gasteiger partial charge on any atom is -0.396 e. The maximum atomic E-state index is 13.0. The fourth-order valence-corrected chi connectivity index (χ4v) is 5.84. The van der Waals surface area contributed by atoms with E-state index in [1.54, 1.807) is 6.33 Å². The largest absolute Gasteiger partial charge is 0.396 e. The summed E-state index contributed by atoms with van der Waals surface area (Å²) in [4.78, 5) is 29.6. The number of hydrogen-bond donors (Lipinski definition) is 4. The topological polar surface area (TPSA) is 109 Å². The standard InChI is InChI=1S/C29H33N7O2/c37-18-21-11-15-36(28-23-10-12-30-27(23)31-19-32-28)17-24(21)20-6-5-7-22(16-20)33-29(38)34-25-8-1-2-9-26(25)35-13-3-4-14-35/h1-2,5-10,12,16,19,21,24,37H,3-4,11,13-15,17-18H2,(H,30,31,32)(H2,33,34,38)/t21-,24?/m0/s1. The molecule has 4 aromatic rings. The number of nitrogens with one attached hydrogen (secondary N) is 3. The van der Waals surface area contributed by atoms with Crippen LogP contribution in [0.2, 0.25) is 0 Å². The van der Waals surface area contributed by atoms with Crippen molar-refractivity contribution in [1.29, 1.82) is 0 Å². The number of benzene rings is 2. The van der Waals surface area contributed by atoms with Crippen LogP contribution in [0.1, 0.15) is 30.7 Å². The number of fused-ring (bicyclic) bond motifs is 1. The number of carbonyl (C=O) groups excluding carboxylic acids is 1. The number of aromatic nitrogens is 3. The summed E-state index contributed by atoms with van der Waals surface area (Å²) in [5.41, 5.74) is 4.50. The molecule has 38 heavy (non-hydrogen) atoms. The summed E-state index contributed by atoms with van der Waals surface area (Å²) in [5.74, 6) is 1.13. The molecule has 9 heteroatoms. The molecule has 2 aliphatic rings. The van der Waals surface area contributed by atoms with Crippen LogP contribution in [0.3, 0.4) is 0 Å². The minimum atomic E-state index is -0.270. The van der Waals surface area contributed by atoms with Gasteiger partial charge in [-0.1, -0.05) is 24.3 Å². The van der Waals surface area contributed by atoms with E-state index in [0.29, 0.717) is 0 Å². The summed E-state index contributed by atoms with van der Waals surface area (Å²) in [6, 6.07) is 17.7. The smallest absolute Gasteiger partial charge is 0.323 e. The Morgan fingerprint density at radius 2 is 1.87 bits per heavy atom. The molecule has 0 radical (unpaired) electrons. The number of H-pyrrole nitrogens is 1. The Labute approximate surface area is 221 Å². The van der Waals surface area contributed by atoms with Gasteiger partial charge in [0.15, 0.2) is 0 Å². The quantitative estimate of drug-likeness (QED) is 0.296. The molecule has 0 spiro atoms. The van der Waals surface area contributed by atoms with Crippen molar-refractivity contribution in [2.24, 2.45) is 5.92 Å². The Bertz CT molecular complexity index is 1410. The van der Waals surface area contributed by atoms with Crippen molar-refractivity contribution < 1.29 is 9.90 Å². The van der Waals surface area contributed by atoms with Gasteiger partial charge in [0.1, 0.15) is 17.8 Å². The lowest BCUT2D eigenvalue weighted by atomic mass is 9.81. The number of nitrogens with zero attached hydrogens (tertiary/aromatic N) is 4. The molecule has 0 bridgehead atoms. The first-order chi connectivity index (χ1) is 18.7. The van der Waals surface area contributed by atoms with E-state index in [2.05, 4.69) is 47.5 Å². The van der Waals surface area contributed by atoms with Crippen LogP contribution in [0.15, 0.2) is 67.1 Å². The van der Waals surface area contributed by atoms with Gasteiger partial charge in [0.2, 0.25) is 0 Å². The average molecular weight is 512 g/mol. The zero-order valence-corrected chi connectivity index (χ0v) is 21.3. The van der Waals surface area contributed by atoms with Crippen molar-refractivity contribution in [3.05, 3.63) is 72.7 Å². The second-order valence-corrected chi connectivity index (χ2v) is 10.1. The van der Waals surface area contributed by atoms with Crippen LogP contribution in [0.4, 0.5) is 27.7 Å². The van der Waals surface area contributed by atoms with Gasteiger partial charge in [0.05, 0.1) is 16.8 Å². The number of aromatic amines is 1. The fourth-order valence-electron chi connectivity index (χ4n) is 5.84. The van der Waals surface area contributed by atoms with E-state index >= 15 is 0 Å². The lowest BCUT2D eigenvalue weighted by Gasteiger charge is -2.39. The number of piperidine rings is 1. The van der Waals surface area contributed by atoms with E-state index in [1.165, 1.54) is 12.8 Å². The highest BCUT2D eigenvalue weighted by Crippen LogP contribution is 2.36. The first-order valence-electron chi connectivity index (χ1n) is 13.4.